The van der Waals surface area contributed by atoms with Crippen molar-refractivity contribution in [3.8, 4) is 0 Å². The van der Waals surface area contributed by atoms with Crippen LogP contribution in [0.1, 0.15) is 32.3 Å². The predicted octanol–water partition coefficient (Wildman–Crippen LogP) is 1.90. The van der Waals surface area contributed by atoms with Crippen molar-refractivity contribution < 1.29 is 13.2 Å². The first kappa shape index (κ1) is 21.7. The minimum atomic E-state index is -3.40. The van der Waals surface area contributed by atoms with Crippen molar-refractivity contribution in [2.75, 3.05) is 40.3 Å². The van der Waals surface area contributed by atoms with Crippen molar-refractivity contribution in [1.29, 1.82) is 0 Å². The molecule has 0 bridgehead atoms. The number of guanidine groups is 1. The Labute approximate surface area is 163 Å². The Morgan fingerprint density at radius 3 is 2.37 bits per heavy atom. The molecule has 0 spiro atoms. The van der Waals surface area contributed by atoms with Crippen LogP contribution in [-0.2, 0) is 21.3 Å². The molecular formula is C19H32N4O3S. The van der Waals surface area contributed by atoms with Crippen LogP contribution in [0, 0.1) is 0 Å². The molecule has 0 radical (unpaired) electrons. The Kier molecular flexibility index (Phi) is 8.07. The Balaban J connectivity index is 2.02. The van der Waals surface area contributed by atoms with Gasteiger partial charge in [0.15, 0.2) is 5.96 Å². The van der Waals surface area contributed by atoms with Gasteiger partial charge in [0.1, 0.15) is 0 Å². The van der Waals surface area contributed by atoms with Crippen LogP contribution in [0.4, 0.5) is 0 Å². The van der Waals surface area contributed by atoms with Crippen LogP contribution in [0.2, 0.25) is 0 Å². The van der Waals surface area contributed by atoms with Gasteiger partial charge in [-0.1, -0.05) is 12.1 Å². The quantitative estimate of drug-likeness (QED) is 0.563. The largest absolute Gasteiger partial charge is 0.378 e. The summed E-state index contributed by atoms with van der Waals surface area (Å²) in [4.78, 5) is 7.30. The fourth-order valence-corrected chi connectivity index (χ4v) is 3.94. The van der Waals surface area contributed by atoms with E-state index in [0.717, 1.165) is 50.6 Å². The first-order valence-electron chi connectivity index (χ1n) is 9.54. The zero-order valence-electron chi connectivity index (χ0n) is 16.8. The monoisotopic (exact) mass is 396 g/mol. The van der Waals surface area contributed by atoms with Gasteiger partial charge in [0, 0.05) is 40.3 Å². The maximum absolute atomic E-state index is 12.1. The number of piperidine rings is 1. The van der Waals surface area contributed by atoms with Crippen LogP contribution in [-0.4, -0.2) is 70.0 Å². The summed E-state index contributed by atoms with van der Waals surface area (Å²) in [6.07, 6.45) is 2.37. The third-order valence-electron chi connectivity index (χ3n) is 4.59. The molecule has 1 heterocycles. The molecule has 0 atom stereocenters. The second kappa shape index (κ2) is 10.1. The number of ether oxygens (including phenoxy) is 1. The molecule has 1 aromatic rings. The molecule has 0 amide bonds. The number of sulfonamides is 1. The van der Waals surface area contributed by atoms with E-state index in [1.165, 1.54) is 18.4 Å². The van der Waals surface area contributed by atoms with Gasteiger partial charge in [-0.15, -0.1) is 0 Å². The third kappa shape index (κ3) is 5.92. The molecule has 0 aliphatic carbocycles. The molecule has 27 heavy (non-hydrogen) atoms. The van der Waals surface area contributed by atoms with Gasteiger partial charge in [0.05, 0.1) is 17.5 Å². The Morgan fingerprint density at radius 1 is 1.22 bits per heavy atom. The number of benzene rings is 1. The Hall–Kier alpha value is -1.64. The second-order valence-corrected chi connectivity index (χ2v) is 8.90. The van der Waals surface area contributed by atoms with Crippen LogP contribution in [0.5, 0.6) is 0 Å². The van der Waals surface area contributed by atoms with Gasteiger partial charge in [0.25, 0.3) is 0 Å². The Bertz CT molecular complexity index is 709. The van der Waals surface area contributed by atoms with Gasteiger partial charge in [-0.3, -0.25) is 0 Å². The summed E-state index contributed by atoms with van der Waals surface area (Å²) in [5, 5.41) is 3.35. The highest BCUT2D eigenvalue weighted by Gasteiger charge is 2.21. The zero-order valence-corrected chi connectivity index (χ0v) is 17.6. The van der Waals surface area contributed by atoms with Crippen LogP contribution in [0.25, 0.3) is 0 Å². The third-order valence-corrected chi connectivity index (χ3v) is 6.42. The van der Waals surface area contributed by atoms with E-state index in [9.17, 15) is 8.42 Å². The van der Waals surface area contributed by atoms with Crippen molar-refractivity contribution in [2.24, 2.45) is 4.99 Å². The molecule has 7 nitrogen and oxygen atoms in total. The number of hydrogen-bond acceptors (Lipinski definition) is 4. The average molecular weight is 397 g/mol. The van der Waals surface area contributed by atoms with Gasteiger partial charge >= 0.3 is 0 Å². The highest BCUT2D eigenvalue weighted by atomic mass is 32.2. The van der Waals surface area contributed by atoms with Gasteiger partial charge in [-0.25, -0.2) is 17.7 Å². The van der Waals surface area contributed by atoms with Crippen molar-refractivity contribution in [2.45, 2.75) is 44.2 Å². The fourth-order valence-electron chi connectivity index (χ4n) is 3.04. The van der Waals surface area contributed by atoms with Crippen LogP contribution < -0.4 is 5.32 Å². The van der Waals surface area contributed by atoms with E-state index < -0.39 is 10.0 Å². The lowest BCUT2D eigenvalue weighted by atomic mass is 10.1. The molecule has 0 saturated carbocycles. The molecule has 2 rings (SSSR count). The number of nitrogens with one attached hydrogen (secondary N) is 1. The summed E-state index contributed by atoms with van der Waals surface area (Å²) >= 11 is 0. The van der Waals surface area contributed by atoms with Crippen molar-refractivity contribution in [1.82, 2.24) is 14.5 Å². The van der Waals surface area contributed by atoms with Gasteiger partial charge in [-0.05, 0) is 44.4 Å². The normalized spacial score (nSPS) is 16.8. The molecule has 0 aromatic heterocycles. The first-order valence-corrected chi connectivity index (χ1v) is 11.0. The van der Waals surface area contributed by atoms with Crippen LogP contribution >= 0.6 is 0 Å². The molecule has 1 saturated heterocycles. The number of likely N-dealkylation sites (tertiary alicyclic amines) is 1. The Morgan fingerprint density at radius 2 is 1.85 bits per heavy atom. The van der Waals surface area contributed by atoms with Crippen LogP contribution in [0.15, 0.2) is 34.2 Å². The topological polar surface area (TPSA) is 74.2 Å². The van der Waals surface area contributed by atoms with Gasteiger partial charge in [0.2, 0.25) is 10.0 Å². The molecule has 8 heteroatoms. The van der Waals surface area contributed by atoms with Crippen LogP contribution in [0.3, 0.4) is 0 Å². The summed E-state index contributed by atoms with van der Waals surface area (Å²) in [5.74, 6) is 0.900. The molecule has 1 fully saturated rings. The SMILES string of the molecule is CCNC(=NCc1ccc(S(=O)(=O)N(C)C)cc1)N1CCC(OCC)CC1. The number of aliphatic imine (C=N–C) groups is 1. The molecule has 1 N–H and O–H groups in total. The maximum atomic E-state index is 12.1. The minimum absolute atomic E-state index is 0.296. The molecule has 1 aliphatic rings. The highest BCUT2D eigenvalue weighted by molar-refractivity contribution is 7.89. The minimum Gasteiger partial charge on any atom is -0.378 e. The first-order chi connectivity index (χ1) is 12.9. The van der Waals surface area contributed by atoms with Gasteiger partial charge in [-0.2, -0.15) is 0 Å². The maximum Gasteiger partial charge on any atom is 0.242 e. The fraction of sp³-hybridized carbons (Fsp3) is 0.632. The van der Waals surface area contributed by atoms with E-state index in [2.05, 4.69) is 17.1 Å². The summed E-state index contributed by atoms with van der Waals surface area (Å²) < 4.78 is 31.2. The number of nitrogens with zero attached hydrogens (tertiary/aromatic N) is 3. The average Bonchev–Trinajstić information content (AvgIpc) is 2.66. The molecule has 0 unspecified atom stereocenters. The molecule has 152 valence electrons. The molecule has 1 aliphatic heterocycles. The predicted molar refractivity (Wildman–Crippen MR) is 108 cm³/mol. The summed E-state index contributed by atoms with van der Waals surface area (Å²) in [6, 6.07) is 6.93. The summed E-state index contributed by atoms with van der Waals surface area (Å²) in [5.41, 5.74) is 0.979. The van der Waals surface area contributed by atoms with Gasteiger partial charge < -0.3 is 15.0 Å². The van der Waals surface area contributed by atoms with E-state index >= 15 is 0 Å². The lowest BCUT2D eigenvalue weighted by Gasteiger charge is -2.34. The zero-order chi connectivity index (χ0) is 19.9. The van der Waals surface area contributed by atoms with Crippen molar-refractivity contribution >= 4 is 16.0 Å². The van der Waals surface area contributed by atoms with Crippen molar-refractivity contribution in [3.05, 3.63) is 29.8 Å². The molecule has 1 aromatic carbocycles. The lowest BCUT2D eigenvalue weighted by Crippen LogP contribution is -2.47. The smallest absolute Gasteiger partial charge is 0.242 e. The van der Waals surface area contributed by atoms with E-state index in [1.54, 1.807) is 12.1 Å². The number of hydrogen-bond donors (Lipinski definition) is 1. The van der Waals surface area contributed by atoms with E-state index in [-0.39, 0.29) is 0 Å². The lowest BCUT2D eigenvalue weighted by molar-refractivity contribution is 0.0263. The summed E-state index contributed by atoms with van der Waals surface area (Å²) in [7, 11) is -0.330. The molecular weight excluding hydrogens is 364 g/mol. The number of rotatable bonds is 7. The second-order valence-electron chi connectivity index (χ2n) is 6.74. The standard InChI is InChI=1S/C19H32N4O3S/c1-5-20-19(23-13-11-17(12-14-23)26-6-2)21-15-16-7-9-18(10-8-16)27(24,25)22(3)4/h7-10,17H,5-6,11-15H2,1-4H3,(H,20,21). The summed E-state index contributed by atoms with van der Waals surface area (Å²) in [6.45, 7) is 8.03. The van der Waals surface area contributed by atoms with E-state index in [4.69, 9.17) is 9.73 Å². The highest BCUT2D eigenvalue weighted by Crippen LogP contribution is 2.16. The van der Waals surface area contributed by atoms with E-state index in [0.29, 0.717) is 17.5 Å². The van der Waals surface area contributed by atoms with E-state index in [1.807, 2.05) is 19.1 Å². The van der Waals surface area contributed by atoms with Crippen molar-refractivity contribution in [3.63, 3.8) is 0 Å².